The predicted molar refractivity (Wildman–Crippen MR) is 84.3 cm³/mol. The van der Waals surface area contributed by atoms with Crippen molar-refractivity contribution < 1.29 is 26.9 Å². The molecule has 2 N–H and O–H groups in total. The molecule has 0 fully saturated rings. The fourth-order valence-corrected chi connectivity index (χ4v) is 2.89. The standard InChI is InChI=1S/C14H19ClF4N2O2S/c1-12(2,3)24(23)21-13(4,7-9(22)14(17,18)19)11-8(16)5-6-10(15)20-11/h5-6,9,21-22H,7H2,1-4H3/t9-,13+,24-/m1/s1. The molecule has 0 bridgehead atoms. The minimum Gasteiger partial charge on any atom is -0.384 e. The van der Waals surface area contributed by atoms with E-state index in [1.165, 1.54) is 6.92 Å². The highest BCUT2D eigenvalue weighted by Crippen LogP contribution is 2.34. The lowest BCUT2D eigenvalue weighted by molar-refractivity contribution is -0.209. The van der Waals surface area contributed by atoms with Crippen molar-refractivity contribution in [1.29, 1.82) is 0 Å². The highest BCUT2D eigenvalue weighted by Gasteiger charge is 2.46. The predicted octanol–water partition coefficient (Wildman–Crippen LogP) is 3.45. The third-order valence-electron chi connectivity index (χ3n) is 3.19. The molecule has 0 aromatic carbocycles. The van der Waals surface area contributed by atoms with Gasteiger partial charge in [-0.15, -0.1) is 0 Å². The van der Waals surface area contributed by atoms with Gasteiger partial charge in [0.15, 0.2) is 6.10 Å². The van der Waals surface area contributed by atoms with Crippen molar-refractivity contribution in [3.63, 3.8) is 0 Å². The first-order chi connectivity index (χ1) is 10.7. The zero-order chi connectivity index (χ0) is 18.9. The molecule has 0 unspecified atom stereocenters. The van der Waals surface area contributed by atoms with Gasteiger partial charge in [0.1, 0.15) is 11.0 Å². The van der Waals surface area contributed by atoms with Gasteiger partial charge in [-0.1, -0.05) is 11.6 Å². The number of aliphatic hydroxyl groups is 1. The van der Waals surface area contributed by atoms with Crippen LogP contribution in [0.5, 0.6) is 0 Å². The lowest BCUT2D eigenvalue weighted by Gasteiger charge is -2.35. The Morgan fingerprint density at radius 2 is 1.83 bits per heavy atom. The van der Waals surface area contributed by atoms with E-state index in [1.54, 1.807) is 20.8 Å². The fraction of sp³-hybridized carbons (Fsp3) is 0.643. The molecule has 4 nitrogen and oxygen atoms in total. The summed E-state index contributed by atoms with van der Waals surface area (Å²) in [4.78, 5) is 3.73. The molecule has 1 aromatic rings. The third-order valence-corrected chi connectivity index (χ3v) is 5.15. The van der Waals surface area contributed by atoms with E-state index in [9.17, 15) is 26.9 Å². The van der Waals surface area contributed by atoms with Gasteiger partial charge in [-0.05, 0) is 39.8 Å². The SMILES string of the molecule is CC(C)(C)[S@@](=O)N[C@@](C)(C[C@@H](O)C(F)(F)F)c1nc(Cl)ccc1F. The molecule has 10 heteroatoms. The molecule has 3 atom stereocenters. The van der Waals surface area contributed by atoms with Crippen LogP contribution >= 0.6 is 11.6 Å². The van der Waals surface area contributed by atoms with Crippen LogP contribution in [0.2, 0.25) is 5.15 Å². The van der Waals surface area contributed by atoms with Crippen LogP contribution in [0.4, 0.5) is 17.6 Å². The van der Waals surface area contributed by atoms with Gasteiger partial charge in [-0.25, -0.2) is 18.3 Å². The van der Waals surface area contributed by atoms with E-state index in [1.807, 2.05) is 0 Å². The molecule has 0 aliphatic heterocycles. The first-order valence-electron chi connectivity index (χ1n) is 6.94. The molecule has 0 radical (unpaired) electrons. The summed E-state index contributed by atoms with van der Waals surface area (Å²) in [6.07, 6.45) is -8.66. The number of hydrogen-bond acceptors (Lipinski definition) is 3. The van der Waals surface area contributed by atoms with Crippen LogP contribution in [0.1, 0.15) is 39.8 Å². The van der Waals surface area contributed by atoms with Gasteiger partial charge in [0.2, 0.25) is 0 Å². The molecule has 1 heterocycles. The zero-order valence-corrected chi connectivity index (χ0v) is 15.1. The number of nitrogens with zero attached hydrogens (tertiary/aromatic N) is 1. The molecular weight excluding hydrogens is 372 g/mol. The Morgan fingerprint density at radius 1 is 1.29 bits per heavy atom. The van der Waals surface area contributed by atoms with Crippen LogP contribution in [-0.4, -0.2) is 31.3 Å². The Hall–Kier alpha value is -0.770. The van der Waals surface area contributed by atoms with E-state index in [0.29, 0.717) is 0 Å². The number of rotatable bonds is 5. The van der Waals surface area contributed by atoms with Crippen LogP contribution < -0.4 is 4.72 Å². The van der Waals surface area contributed by atoms with E-state index < -0.39 is 51.5 Å². The minimum atomic E-state index is -4.92. The lowest BCUT2D eigenvalue weighted by Crippen LogP contribution is -2.50. The maximum absolute atomic E-state index is 14.1. The first-order valence-corrected chi connectivity index (χ1v) is 8.46. The van der Waals surface area contributed by atoms with Crippen molar-refractivity contribution in [3.05, 3.63) is 28.8 Å². The molecule has 1 aromatic heterocycles. The summed E-state index contributed by atoms with van der Waals surface area (Å²) in [6, 6.07) is 2.09. The average molecular weight is 391 g/mol. The number of hydrogen-bond donors (Lipinski definition) is 2. The topological polar surface area (TPSA) is 62.2 Å². The Bertz CT molecular complexity index is 622. The summed E-state index contributed by atoms with van der Waals surface area (Å²) in [5.41, 5.74) is -2.31. The normalized spacial score (nSPS) is 18.1. The molecule has 0 saturated heterocycles. The highest BCUT2D eigenvalue weighted by atomic mass is 35.5. The van der Waals surface area contributed by atoms with Crippen molar-refractivity contribution in [2.75, 3.05) is 0 Å². The van der Waals surface area contributed by atoms with Crippen LogP contribution in [0.3, 0.4) is 0 Å². The second-order valence-corrected chi connectivity index (χ2v) is 8.89. The second-order valence-electron chi connectivity index (χ2n) is 6.54. The largest absolute Gasteiger partial charge is 0.414 e. The molecule has 0 amide bonds. The Kier molecular flexibility index (Phi) is 6.41. The van der Waals surface area contributed by atoms with E-state index >= 15 is 0 Å². The summed E-state index contributed by atoms with van der Waals surface area (Å²) >= 11 is 5.71. The fourth-order valence-electron chi connectivity index (χ4n) is 1.85. The van der Waals surface area contributed by atoms with Crippen LogP contribution in [0.15, 0.2) is 12.1 Å². The Labute approximate surface area is 145 Å². The third kappa shape index (κ3) is 5.37. The quantitative estimate of drug-likeness (QED) is 0.598. The number of aromatic nitrogens is 1. The van der Waals surface area contributed by atoms with E-state index in [2.05, 4.69) is 9.71 Å². The van der Waals surface area contributed by atoms with Gasteiger partial charge in [-0.3, -0.25) is 0 Å². The number of aliphatic hydroxyl groups excluding tert-OH is 1. The molecular formula is C14H19ClF4N2O2S. The van der Waals surface area contributed by atoms with Crippen molar-refractivity contribution in [2.24, 2.45) is 0 Å². The van der Waals surface area contributed by atoms with Crippen molar-refractivity contribution >= 4 is 22.6 Å². The van der Waals surface area contributed by atoms with Crippen molar-refractivity contribution in [1.82, 2.24) is 9.71 Å². The molecule has 0 saturated carbocycles. The summed E-state index contributed by atoms with van der Waals surface area (Å²) < 4.78 is 66.4. The van der Waals surface area contributed by atoms with Gasteiger partial charge in [0.05, 0.1) is 27.0 Å². The molecule has 0 aliphatic rings. The molecule has 0 aliphatic carbocycles. The van der Waals surface area contributed by atoms with Gasteiger partial charge in [0.25, 0.3) is 0 Å². The van der Waals surface area contributed by atoms with Gasteiger partial charge in [0, 0.05) is 6.42 Å². The number of alkyl halides is 3. The molecule has 24 heavy (non-hydrogen) atoms. The summed E-state index contributed by atoms with van der Waals surface area (Å²) in [7, 11) is -1.84. The average Bonchev–Trinajstić information content (AvgIpc) is 2.39. The second kappa shape index (κ2) is 7.23. The number of pyridine rings is 1. The highest BCUT2D eigenvalue weighted by molar-refractivity contribution is 7.84. The summed E-state index contributed by atoms with van der Waals surface area (Å²) in [5.74, 6) is -0.922. The van der Waals surface area contributed by atoms with E-state index in [0.717, 1.165) is 12.1 Å². The van der Waals surface area contributed by atoms with Crippen LogP contribution in [-0.2, 0) is 16.5 Å². The van der Waals surface area contributed by atoms with Crippen molar-refractivity contribution in [3.8, 4) is 0 Å². The van der Waals surface area contributed by atoms with Crippen LogP contribution in [0.25, 0.3) is 0 Å². The van der Waals surface area contributed by atoms with Gasteiger partial charge >= 0.3 is 6.18 Å². The molecule has 138 valence electrons. The minimum absolute atomic E-state index is 0.137. The summed E-state index contributed by atoms with van der Waals surface area (Å²) in [6.45, 7) is 5.97. The van der Waals surface area contributed by atoms with Crippen LogP contribution in [0, 0.1) is 5.82 Å². The van der Waals surface area contributed by atoms with E-state index in [-0.39, 0.29) is 5.15 Å². The monoisotopic (exact) mass is 390 g/mol. The van der Waals surface area contributed by atoms with E-state index in [4.69, 9.17) is 11.6 Å². The van der Waals surface area contributed by atoms with Gasteiger partial charge in [-0.2, -0.15) is 13.2 Å². The zero-order valence-electron chi connectivity index (χ0n) is 13.5. The number of nitrogens with one attached hydrogen (secondary N) is 1. The lowest BCUT2D eigenvalue weighted by atomic mass is 9.90. The van der Waals surface area contributed by atoms with Crippen molar-refractivity contribution in [2.45, 2.75) is 56.7 Å². The van der Waals surface area contributed by atoms with Gasteiger partial charge < -0.3 is 5.11 Å². The molecule has 0 spiro atoms. The maximum Gasteiger partial charge on any atom is 0.414 e. The molecule has 1 rings (SSSR count). The smallest absolute Gasteiger partial charge is 0.384 e. The Morgan fingerprint density at radius 3 is 2.29 bits per heavy atom. The summed E-state index contributed by atoms with van der Waals surface area (Å²) in [5, 5.41) is 9.27. The number of halogens is 5. The Balaban J connectivity index is 3.35. The maximum atomic E-state index is 14.1. The first kappa shape index (κ1) is 21.3.